The molecule has 2 rings (SSSR count). The van der Waals surface area contributed by atoms with Crippen molar-refractivity contribution in [3.63, 3.8) is 0 Å². The number of primary amides is 1. The van der Waals surface area contributed by atoms with Crippen LogP contribution in [-0.2, 0) is 0 Å². The van der Waals surface area contributed by atoms with E-state index >= 15 is 0 Å². The summed E-state index contributed by atoms with van der Waals surface area (Å²) in [5.41, 5.74) is 5.71. The van der Waals surface area contributed by atoms with Crippen LogP contribution in [0.3, 0.4) is 0 Å². The number of amides is 1. The number of carbonyl (C=O) groups is 1. The van der Waals surface area contributed by atoms with E-state index in [1.807, 2.05) is 0 Å². The highest BCUT2D eigenvalue weighted by Gasteiger charge is 2.19. The number of hydrogen-bond donors (Lipinski definition) is 3. The number of hydrogen-bond acceptors (Lipinski definition) is 4. The third kappa shape index (κ3) is 3.71. The van der Waals surface area contributed by atoms with Crippen molar-refractivity contribution >= 4 is 11.7 Å². The molecule has 0 atom stereocenters. The molecule has 0 aliphatic heterocycles. The largest absolute Gasteiger partial charge is 0.369 e. The minimum absolute atomic E-state index is 0.447. The van der Waals surface area contributed by atoms with Gasteiger partial charge < -0.3 is 16.4 Å². The lowest BCUT2D eigenvalue weighted by Crippen LogP contribution is -2.21. The summed E-state index contributed by atoms with van der Waals surface area (Å²) in [6, 6.07) is 4.13. The van der Waals surface area contributed by atoms with Crippen molar-refractivity contribution in [3.8, 4) is 0 Å². The number of nitrogens with zero attached hydrogens (tertiary/aromatic N) is 1. The van der Waals surface area contributed by atoms with E-state index in [4.69, 9.17) is 5.73 Å². The van der Waals surface area contributed by atoms with Crippen LogP contribution >= 0.6 is 0 Å². The quantitative estimate of drug-likeness (QED) is 0.608. The molecule has 1 saturated carbocycles. The third-order valence-electron chi connectivity index (χ3n) is 2.73. The minimum atomic E-state index is -0.447. The Hall–Kier alpha value is -1.62. The topological polar surface area (TPSA) is 80.0 Å². The highest BCUT2D eigenvalue weighted by molar-refractivity contribution is 5.97. The lowest BCUT2D eigenvalue weighted by atomic mass is 10.2. The molecule has 0 radical (unpaired) electrons. The first-order valence-corrected chi connectivity index (χ1v) is 5.99. The Balaban J connectivity index is 1.75. The SMILES string of the molecule is NC(=O)c1cccnc1NCCCNC1CC1. The molecule has 1 aliphatic rings. The molecule has 5 nitrogen and oxygen atoms in total. The highest BCUT2D eigenvalue weighted by atomic mass is 16.1. The van der Waals surface area contributed by atoms with E-state index in [9.17, 15) is 4.79 Å². The maximum Gasteiger partial charge on any atom is 0.252 e. The van der Waals surface area contributed by atoms with Gasteiger partial charge in [-0.25, -0.2) is 4.98 Å². The van der Waals surface area contributed by atoms with E-state index in [0.29, 0.717) is 11.4 Å². The van der Waals surface area contributed by atoms with Gasteiger partial charge in [-0.1, -0.05) is 0 Å². The Morgan fingerprint density at radius 2 is 2.29 bits per heavy atom. The molecule has 0 spiro atoms. The summed E-state index contributed by atoms with van der Waals surface area (Å²) in [5.74, 6) is 0.128. The van der Waals surface area contributed by atoms with Crippen LogP contribution in [0.5, 0.6) is 0 Å². The summed E-state index contributed by atoms with van der Waals surface area (Å²) >= 11 is 0. The van der Waals surface area contributed by atoms with Crippen molar-refractivity contribution in [2.24, 2.45) is 5.73 Å². The maximum atomic E-state index is 11.1. The minimum Gasteiger partial charge on any atom is -0.369 e. The van der Waals surface area contributed by atoms with Crippen molar-refractivity contribution in [2.45, 2.75) is 25.3 Å². The van der Waals surface area contributed by atoms with Crippen molar-refractivity contribution in [1.82, 2.24) is 10.3 Å². The number of carbonyl (C=O) groups excluding carboxylic acids is 1. The van der Waals surface area contributed by atoms with E-state index in [0.717, 1.165) is 25.6 Å². The fourth-order valence-corrected chi connectivity index (χ4v) is 1.63. The van der Waals surface area contributed by atoms with Crippen LogP contribution in [0.15, 0.2) is 18.3 Å². The Bertz CT molecular complexity index is 390. The average Bonchev–Trinajstić information content (AvgIpc) is 3.13. The smallest absolute Gasteiger partial charge is 0.252 e. The molecule has 5 heteroatoms. The molecular weight excluding hydrogens is 216 g/mol. The summed E-state index contributed by atoms with van der Waals surface area (Å²) in [5, 5.41) is 6.56. The Labute approximate surface area is 101 Å². The Morgan fingerprint density at radius 1 is 1.47 bits per heavy atom. The van der Waals surface area contributed by atoms with Gasteiger partial charge in [0.1, 0.15) is 5.82 Å². The molecule has 0 aromatic carbocycles. The molecule has 0 bridgehead atoms. The molecule has 0 saturated heterocycles. The second kappa shape index (κ2) is 5.63. The Morgan fingerprint density at radius 3 is 3.00 bits per heavy atom. The van der Waals surface area contributed by atoms with Gasteiger partial charge in [0.15, 0.2) is 0 Å². The van der Waals surface area contributed by atoms with Crippen molar-refractivity contribution < 1.29 is 4.79 Å². The molecule has 92 valence electrons. The zero-order chi connectivity index (χ0) is 12.1. The second-order valence-corrected chi connectivity index (χ2v) is 4.27. The lowest BCUT2D eigenvalue weighted by Gasteiger charge is -2.08. The van der Waals surface area contributed by atoms with Gasteiger partial charge in [0.25, 0.3) is 5.91 Å². The number of pyridine rings is 1. The van der Waals surface area contributed by atoms with Crippen molar-refractivity contribution in [2.75, 3.05) is 18.4 Å². The zero-order valence-electron chi connectivity index (χ0n) is 9.78. The number of aromatic nitrogens is 1. The summed E-state index contributed by atoms with van der Waals surface area (Å²) < 4.78 is 0. The van der Waals surface area contributed by atoms with E-state index in [-0.39, 0.29) is 0 Å². The number of rotatable bonds is 7. The van der Waals surface area contributed by atoms with Gasteiger partial charge in [0, 0.05) is 18.8 Å². The van der Waals surface area contributed by atoms with E-state index in [2.05, 4.69) is 15.6 Å². The summed E-state index contributed by atoms with van der Waals surface area (Å²) in [7, 11) is 0. The van der Waals surface area contributed by atoms with Gasteiger partial charge in [-0.3, -0.25) is 4.79 Å². The van der Waals surface area contributed by atoms with Gasteiger partial charge in [0.05, 0.1) is 5.56 Å². The third-order valence-corrected chi connectivity index (χ3v) is 2.73. The molecule has 4 N–H and O–H groups in total. The van der Waals surface area contributed by atoms with Gasteiger partial charge in [-0.05, 0) is 37.9 Å². The first kappa shape index (κ1) is 11.9. The monoisotopic (exact) mass is 234 g/mol. The molecule has 17 heavy (non-hydrogen) atoms. The molecule has 1 heterocycles. The highest BCUT2D eigenvalue weighted by Crippen LogP contribution is 2.18. The van der Waals surface area contributed by atoms with Gasteiger partial charge >= 0.3 is 0 Å². The first-order chi connectivity index (χ1) is 8.27. The van der Waals surface area contributed by atoms with Crippen LogP contribution < -0.4 is 16.4 Å². The van der Waals surface area contributed by atoms with Gasteiger partial charge in [-0.2, -0.15) is 0 Å². The number of anilines is 1. The zero-order valence-corrected chi connectivity index (χ0v) is 9.78. The average molecular weight is 234 g/mol. The van der Waals surface area contributed by atoms with Gasteiger partial charge in [0.2, 0.25) is 0 Å². The summed E-state index contributed by atoms with van der Waals surface area (Å²) in [6.45, 7) is 1.79. The standard InChI is InChI=1S/C12H18N4O/c13-11(17)10-3-1-6-15-12(10)16-8-2-7-14-9-4-5-9/h1,3,6,9,14H,2,4-5,7-8H2,(H2,13,17)(H,15,16). The first-order valence-electron chi connectivity index (χ1n) is 5.99. The van der Waals surface area contributed by atoms with Crippen molar-refractivity contribution in [1.29, 1.82) is 0 Å². The van der Waals surface area contributed by atoms with Crippen LogP contribution in [0.25, 0.3) is 0 Å². The second-order valence-electron chi connectivity index (χ2n) is 4.27. The van der Waals surface area contributed by atoms with E-state index in [1.165, 1.54) is 12.8 Å². The van der Waals surface area contributed by atoms with E-state index < -0.39 is 5.91 Å². The van der Waals surface area contributed by atoms with Crippen molar-refractivity contribution in [3.05, 3.63) is 23.9 Å². The van der Waals surface area contributed by atoms with Crippen LogP contribution in [0.2, 0.25) is 0 Å². The summed E-state index contributed by atoms with van der Waals surface area (Å²) in [6.07, 6.45) is 5.27. The van der Waals surface area contributed by atoms with Crippen LogP contribution in [0, 0.1) is 0 Å². The van der Waals surface area contributed by atoms with Crippen LogP contribution in [0.4, 0.5) is 5.82 Å². The summed E-state index contributed by atoms with van der Waals surface area (Å²) in [4.78, 5) is 15.3. The molecular formula is C12H18N4O. The number of nitrogens with one attached hydrogen (secondary N) is 2. The predicted molar refractivity (Wildman–Crippen MR) is 66.9 cm³/mol. The fourth-order valence-electron chi connectivity index (χ4n) is 1.63. The number of nitrogens with two attached hydrogens (primary N) is 1. The Kier molecular flexibility index (Phi) is 3.93. The molecule has 1 fully saturated rings. The van der Waals surface area contributed by atoms with Crippen LogP contribution in [-0.4, -0.2) is 30.0 Å². The van der Waals surface area contributed by atoms with E-state index in [1.54, 1.807) is 18.3 Å². The van der Waals surface area contributed by atoms with Crippen LogP contribution in [0.1, 0.15) is 29.6 Å². The molecule has 1 aliphatic carbocycles. The molecule has 1 aromatic heterocycles. The fraction of sp³-hybridized carbons (Fsp3) is 0.500. The lowest BCUT2D eigenvalue weighted by molar-refractivity contribution is 0.100. The predicted octanol–water partition coefficient (Wildman–Crippen LogP) is 0.734. The molecule has 1 amide bonds. The molecule has 0 unspecified atom stereocenters. The maximum absolute atomic E-state index is 11.1. The molecule has 1 aromatic rings. The normalized spacial score (nSPS) is 14.6. The van der Waals surface area contributed by atoms with Gasteiger partial charge in [-0.15, -0.1) is 0 Å².